The summed E-state index contributed by atoms with van der Waals surface area (Å²) >= 11 is 0. The average Bonchev–Trinajstić information content (AvgIpc) is 2.64. The van der Waals surface area contributed by atoms with Crippen LogP contribution in [0.1, 0.15) is 16.8 Å². The van der Waals surface area contributed by atoms with Crippen molar-refractivity contribution >= 4 is 11.8 Å². The quantitative estimate of drug-likeness (QED) is 0.731. The Morgan fingerprint density at radius 1 is 0.917 bits per heavy atom. The lowest BCUT2D eigenvalue weighted by molar-refractivity contribution is -0.120. The number of hydrogen-bond donors (Lipinski definition) is 2. The van der Waals surface area contributed by atoms with Gasteiger partial charge in [-0.3, -0.25) is 9.59 Å². The fourth-order valence-corrected chi connectivity index (χ4v) is 2.21. The molecule has 0 heterocycles. The molecule has 0 saturated heterocycles. The smallest absolute Gasteiger partial charge is 0.251 e. The fourth-order valence-electron chi connectivity index (χ4n) is 2.21. The van der Waals surface area contributed by atoms with Crippen molar-refractivity contribution in [3.63, 3.8) is 0 Å². The third-order valence-electron chi connectivity index (χ3n) is 3.51. The Labute approximate surface area is 142 Å². The molecule has 5 heteroatoms. The summed E-state index contributed by atoms with van der Waals surface area (Å²) < 4.78 is 4.90. The molecule has 2 N–H and O–H groups in total. The molecule has 0 aliphatic rings. The molecule has 2 amide bonds. The zero-order valence-electron chi connectivity index (χ0n) is 13.7. The maximum Gasteiger partial charge on any atom is 0.251 e. The van der Waals surface area contributed by atoms with Crippen LogP contribution in [0.4, 0.5) is 0 Å². The van der Waals surface area contributed by atoms with Crippen molar-refractivity contribution in [1.82, 2.24) is 10.6 Å². The molecule has 126 valence electrons. The molecule has 0 aromatic heterocycles. The molecule has 2 rings (SSSR count). The molecule has 0 spiro atoms. The van der Waals surface area contributed by atoms with Gasteiger partial charge in [0.25, 0.3) is 5.91 Å². The van der Waals surface area contributed by atoms with Crippen LogP contribution < -0.4 is 10.6 Å². The number of carbonyl (C=O) groups excluding carboxylic acids is 2. The molecule has 0 aliphatic carbocycles. The minimum absolute atomic E-state index is 0.0355. The Morgan fingerprint density at radius 3 is 2.25 bits per heavy atom. The van der Waals surface area contributed by atoms with Crippen molar-refractivity contribution in [2.75, 3.05) is 26.8 Å². The summed E-state index contributed by atoms with van der Waals surface area (Å²) in [4.78, 5) is 23.7. The summed E-state index contributed by atoms with van der Waals surface area (Å²) in [5, 5.41) is 5.34. The topological polar surface area (TPSA) is 67.4 Å². The van der Waals surface area contributed by atoms with Crippen LogP contribution in [0, 0.1) is 0 Å². The summed E-state index contributed by atoms with van der Waals surface area (Å²) in [5.41, 5.74) is 2.67. The number of amides is 2. The van der Waals surface area contributed by atoms with E-state index in [1.807, 2.05) is 42.5 Å². The third-order valence-corrected chi connectivity index (χ3v) is 3.51. The normalized spacial score (nSPS) is 10.2. The van der Waals surface area contributed by atoms with E-state index in [0.717, 1.165) is 17.5 Å². The molecule has 0 bridgehead atoms. The molecular weight excluding hydrogens is 304 g/mol. The zero-order chi connectivity index (χ0) is 17.2. The lowest BCUT2D eigenvalue weighted by Crippen LogP contribution is -2.37. The van der Waals surface area contributed by atoms with E-state index in [9.17, 15) is 9.59 Å². The van der Waals surface area contributed by atoms with Gasteiger partial charge in [0, 0.05) is 25.8 Å². The molecule has 2 aromatic rings. The first-order chi connectivity index (χ1) is 11.7. The van der Waals surface area contributed by atoms with Gasteiger partial charge in [0.05, 0.1) is 6.54 Å². The summed E-state index contributed by atoms with van der Waals surface area (Å²) in [6.45, 7) is 1.10. The van der Waals surface area contributed by atoms with Crippen LogP contribution in [0.2, 0.25) is 0 Å². The van der Waals surface area contributed by atoms with Crippen LogP contribution in [0.15, 0.2) is 54.6 Å². The van der Waals surface area contributed by atoms with Crippen LogP contribution in [0.5, 0.6) is 0 Å². The van der Waals surface area contributed by atoms with Gasteiger partial charge in [0.2, 0.25) is 5.91 Å². The van der Waals surface area contributed by atoms with Crippen molar-refractivity contribution in [3.8, 4) is 11.1 Å². The molecular formula is C19H22N2O3. The largest absolute Gasteiger partial charge is 0.385 e. The van der Waals surface area contributed by atoms with Gasteiger partial charge in [-0.2, -0.15) is 0 Å². The number of ether oxygens (including phenoxy) is 1. The first kappa shape index (κ1) is 17.7. The van der Waals surface area contributed by atoms with Crippen molar-refractivity contribution in [2.45, 2.75) is 6.42 Å². The van der Waals surface area contributed by atoms with Gasteiger partial charge in [0.15, 0.2) is 0 Å². The van der Waals surface area contributed by atoms with E-state index >= 15 is 0 Å². The standard InChI is InChI=1S/C19H22N2O3/c1-24-13-5-12-20-18(22)14-21-19(23)17-10-8-16(9-11-17)15-6-3-2-4-7-15/h2-4,6-11H,5,12-14H2,1H3,(H,20,22)(H,21,23). The maximum atomic E-state index is 12.1. The summed E-state index contributed by atoms with van der Waals surface area (Å²) in [5.74, 6) is -0.470. The first-order valence-electron chi connectivity index (χ1n) is 7.90. The van der Waals surface area contributed by atoms with Crippen LogP contribution in [0.25, 0.3) is 11.1 Å². The number of methoxy groups -OCH3 is 1. The van der Waals surface area contributed by atoms with E-state index in [4.69, 9.17) is 4.74 Å². The van der Waals surface area contributed by atoms with Crippen molar-refractivity contribution < 1.29 is 14.3 Å². The van der Waals surface area contributed by atoms with E-state index in [2.05, 4.69) is 10.6 Å². The molecule has 5 nitrogen and oxygen atoms in total. The van der Waals surface area contributed by atoms with Crippen molar-refractivity contribution in [3.05, 3.63) is 60.2 Å². The van der Waals surface area contributed by atoms with Gasteiger partial charge in [-0.05, 0) is 29.7 Å². The van der Waals surface area contributed by atoms with E-state index in [1.54, 1.807) is 19.2 Å². The summed E-state index contributed by atoms with van der Waals surface area (Å²) in [7, 11) is 1.62. The van der Waals surface area contributed by atoms with E-state index < -0.39 is 0 Å². The molecule has 0 fully saturated rings. The predicted molar refractivity (Wildman–Crippen MR) is 93.7 cm³/mol. The Hall–Kier alpha value is -2.66. The van der Waals surface area contributed by atoms with Crippen molar-refractivity contribution in [2.24, 2.45) is 0 Å². The molecule has 0 saturated carbocycles. The highest BCUT2D eigenvalue weighted by atomic mass is 16.5. The highest BCUT2D eigenvalue weighted by molar-refractivity contribution is 5.96. The van der Waals surface area contributed by atoms with Crippen LogP contribution in [0.3, 0.4) is 0 Å². The first-order valence-corrected chi connectivity index (χ1v) is 7.90. The van der Waals surface area contributed by atoms with Gasteiger partial charge in [-0.15, -0.1) is 0 Å². The van der Waals surface area contributed by atoms with Crippen LogP contribution >= 0.6 is 0 Å². The van der Waals surface area contributed by atoms with E-state index in [0.29, 0.717) is 18.7 Å². The Kier molecular flexibility index (Phi) is 6.98. The van der Waals surface area contributed by atoms with E-state index in [-0.39, 0.29) is 18.4 Å². The van der Waals surface area contributed by atoms with Crippen LogP contribution in [-0.4, -0.2) is 38.6 Å². The summed E-state index contributed by atoms with van der Waals surface area (Å²) in [6, 6.07) is 17.3. The van der Waals surface area contributed by atoms with Gasteiger partial charge >= 0.3 is 0 Å². The molecule has 0 aliphatic heterocycles. The van der Waals surface area contributed by atoms with Gasteiger partial charge in [-0.25, -0.2) is 0 Å². The predicted octanol–water partition coefficient (Wildman–Crippen LogP) is 2.24. The molecule has 2 aromatic carbocycles. The second-order valence-electron chi connectivity index (χ2n) is 5.32. The maximum absolute atomic E-state index is 12.1. The summed E-state index contributed by atoms with van der Waals surface area (Å²) in [6.07, 6.45) is 0.747. The lowest BCUT2D eigenvalue weighted by atomic mass is 10.0. The Bertz CT molecular complexity index is 654. The fraction of sp³-hybridized carbons (Fsp3) is 0.263. The third kappa shape index (κ3) is 5.52. The SMILES string of the molecule is COCCCNC(=O)CNC(=O)c1ccc(-c2ccccc2)cc1. The van der Waals surface area contributed by atoms with Gasteiger partial charge < -0.3 is 15.4 Å². The molecule has 24 heavy (non-hydrogen) atoms. The molecule has 0 radical (unpaired) electrons. The highest BCUT2D eigenvalue weighted by Crippen LogP contribution is 2.19. The number of carbonyl (C=O) groups is 2. The second kappa shape index (κ2) is 9.47. The van der Waals surface area contributed by atoms with Crippen LogP contribution in [-0.2, 0) is 9.53 Å². The number of benzene rings is 2. The lowest BCUT2D eigenvalue weighted by Gasteiger charge is -2.07. The molecule has 0 unspecified atom stereocenters. The zero-order valence-corrected chi connectivity index (χ0v) is 13.7. The monoisotopic (exact) mass is 326 g/mol. The number of nitrogens with one attached hydrogen (secondary N) is 2. The Morgan fingerprint density at radius 2 is 1.58 bits per heavy atom. The number of hydrogen-bond acceptors (Lipinski definition) is 3. The minimum atomic E-state index is -0.262. The van der Waals surface area contributed by atoms with Crippen molar-refractivity contribution in [1.29, 1.82) is 0 Å². The van der Waals surface area contributed by atoms with Gasteiger partial charge in [-0.1, -0.05) is 42.5 Å². The minimum Gasteiger partial charge on any atom is -0.385 e. The Balaban J connectivity index is 1.81. The molecule has 0 atom stereocenters. The number of rotatable bonds is 8. The van der Waals surface area contributed by atoms with E-state index in [1.165, 1.54) is 0 Å². The van der Waals surface area contributed by atoms with Gasteiger partial charge in [0.1, 0.15) is 0 Å². The second-order valence-corrected chi connectivity index (χ2v) is 5.32. The average molecular weight is 326 g/mol. The highest BCUT2D eigenvalue weighted by Gasteiger charge is 2.08.